The molecule has 0 aromatic heterocycles. The molecule has 6 heteroatoms. The smallest absolute Gasteiger partial charge is 0.315 e. The lowest BCUT2D eigenvalue weighted by molar-refractivity contribution is -0.386. The summed E-state index contributed by atoms with van der Waals surface area (Å²) in [5.74, 6) is 0.783. The Hall–Kier alpha value is -3.02. The van der Waals surface area contributed by atoms with Crippen molar-refractivity contribution in [3.05, 3.63) is 63.2 Å². The van der Waals surface area contributed by atoms with E-state index < -0.39 is 5.72 Å². The Labute approximate surface area is 163 Å². The van der Waals surface area contributed by atoms with Gasteiger partial charge < -0.3 is 14.4 Å². The number of nitro benzene ring substituents is 1. The van der Waals surface area contributed by atoms with Gasteiger partial charge in [-0.1, -0.05) is 18.2 Å². The first-order chi connectivity index (χ1) is 13.4. The van der Waals surface area contributed by atoms with E-state index in [9.17, 15) is 10.1 Å². The summed E-state index contributed by atoms with van der Waals surface area (Å²) in [5, 5.41) is 11.8. The van der Waals surface area contributed by atoms with Gasteiger partial charge in [0.2, 0.25) is 11.5 Å². The molecule has 2 aliphatic heterocycles. The highest BCUT2D eigenvalue weighted by Crippen LogP contribution is 2.62. The highest BCUT2D eigenvalue weighted by atomic mass is 16.6. The van der Waals surface area contributed by atoms with Crippen LogP contribution in [0.4, 0.5) is 11.4 Å². The number of ether oxygens (including phenoxy) is 2. The predicted molar refractivity (Wildman–Crippen MR) is 107 cm³/mol. The van der Waals surface area contributed by atoms with E-state index in [1.54, 1.807) is 0 Å². The number of para-hydroxylation sites is 1. The van der Waals surface area contributed by atoms with Crippen LogP contribution in [0.3, 0.4) is 0 Å². The van der Waals surface area contributed by atoms with Crippen LogP contribution in [0.1, 0.15) is 37.3 Å². The monoisotopic (exact) mass is 378 g/mol. The summed E-state index contributed by atoms with van der Waals surface area (Å²) in [5.41, 5.74) is 3.14. The summed E-state index contributed by atoms with van der Waals surface area (Å²) >= 11 is 0. The van der Waals surface area contributed by atoms with E-state index in [0.717, 1.165) is 30.5 Å². The minimum absolute atomic E-state index is 0.0590. The molecule has 1 fully saturated rings. The average molecular weight is 378 g/mol. The zero-order chi connectivity index (χ0) is 19.7. The minimum Gasteiger partial charge on any atom is -0.496 e. The molecule has 0 saturated heterocycles. The number of nitro groups is 1. The summed E-state index contributed by atoms with van der Waals surface area (Å²) in [4.78, 5) is 13.6. The van der Waals surface area contributed by atoms with Gasteiger partial charge in [-0.2, -0.15) is 0 Å². The fourth-order valence-corrected chi connectivity index (χ4v) is 5.46. The van der Waals surface area contributed by atoms with Crippen molar-refractivity contribution in [2.75, 3.05) is 19.1 Å². The van der Waals surface area contributed by atoms with E-state index in [0.29, 0.717) is 17.1 Å². The molecule has 144 valence electrons. The van der Waals surface area contributed by atoms with Gasteiger partial charge in [0.05, 0.1) is 23.5 Å². The third-order valence-corrected chi connectivity index (χ3v) is 6.72. The maximum absolute atomic E-state index is 11.8. The Morgan fingerprint density at radius 3 is 2.82 bits per heavy atom. The highest BCUT2D eigenvalue weighted by Gasteiger charge is 2.65. The Morgan fingerprint density at radius 2 is 2.07 bits per heavy atom. The number of benzene rings is 2. The van der Waals surface area contributed by atoms with Gasteiger partial charge in [0.1, 0.15) is 5.75 Å². The standard InChI is InChI=1S/C22H22N2O4/c1-21-10-6-7-15-11-14-12-16(27-3)13-19(24(25)26)20(14)28-22(15,21)23(2)18-9-5-4-8-17(18)21/h4-5,8-9,11-13H,6-7,10H2,1-3H3/t21-,22-/m0/s1. The molecular formula is C22H22N2O4. The Bertz CT molecular complexity index is 1050. The molecule has 2 aromatic carbocycles. The number of hydrogen-bond donors (Lipinski definition) is 0. The van der Waals surface area contributed by atoms with Crippen molar-refractivity contribution in [3.8, 4) is 11.5 Å². The molecule has 6 nitrogen and oxygen atoms in total. The van der Waals surface area contributed by atoms with Crippen molar-refractivity contribution in [1.82, 2.24) is 0 Å². The first kappa shape index (κ1) is 17.1. The molecule has 0 radical (unpaired) electrons. The van der Waals surface area contributed by atoms with E-state index in [4.69, 9.17) is 9.47 Å². The molecule has 5 rings (SSSR count). The molecule has 2 aromatic rings. The van der Waals surface area contributed by atoms with Gasteiger partial charge in [0, 0.05) is 18.3 Å². The number of methoxy groups -OCH3 is 1. The number of nitrogens with zero attached hydrogens (tertiary/aromatic N) is 2. The van der Waals surface area contributed by atoms with Crippen LogP contribution in [0.15, 0.2) is 42.0 Å². The molecule has 1 saturated carbocycles. The van der Waals surface area contributed by atoms with Crippen molar-refractivity contribution in [2.24, 2.45) is 0 Å². The number of anilines is 1. The van der Waals surface area contributed by atoms with E-state index in [1.165, 1.54) is 18.7 Å². The fourth-order valence-electron chi connectivity index (χ4n) is 5.46. The number of rotatable bonds is 2. The van der Waals surface area contributed by atoms with Gasteiger partial charge in [0.15, 0.2) is 0 Å². The highest BCUT2D eigenvalue weighted by molar-refractivity contribution is 5.78. The maximum atomic E-state index is 11.8. The normalized spacial score (nSPS) is 27.0. The second-order valence-corrected chi connectivity index (χ2v) is 8.00. The van der Waals surface area contributed by atoms with E-state index in [1.807, 2.05) is 19.2 Å². The summed E-state index contributed by atoms with van der Waals surface area (Å²) in [7, 11) is 3.55. The number of likely N-dealkylation sites (N-methyl/N-ethyl adjacent to an activating group) is 1. The molecule has 0 unspecified atom stereocenters. The van der Waals surface area contributed by atoms with Crippen LogP contribution in [0.25, 0.3) is 6.08 Å². The number of fused-ring (bicyclic) bond motifs is 3. The fraction of sp³-hybridized carbons (Fsp3) is 0.364. The summed E-state index contributed by atoms with van der Waals surface area (Å²) in [6, 6.07) is 11.6. The van der Waals surface area contributed by atoms with Crippen LogP contribution < -0.4 is 14.4 Å². The van der Waals surface area contributed by atoms with E-state index >= 15 is 0 Å². The van der Waals surface area contributed by atoms with Gasteiger partial charge >= 0.3 is 5.69 Å². The van der Waals surface area contributed by atoms with Crippen LogP contribution in [0, 0.1) is 10.1 Å². The SMILES string of the molecule is COc1cc2c(c([N+](=O)[O-])c1)O[C@@]13C(=C2)CCC[C@@]1(C)c1ccccc1N3C. The van der Waals surface area contributed by atoms with Crippen LogP contribution in [-0.4, -0.2) is 24.8 Å². The lowest BCUT2D eigenvalue weighted by atomic mass is 9.64. The quantitative estimate of drug-likeness (QED) is 0.561. The second kappa shape index (κ2) is 5.50. The van der Waals surface area contributed by atoms with Gasteiger partial charge in [-0.25, -0.2) is 0 Å². The van der Waals surface area contributed by atoms with Crippen LogP contribution in [0.5, 0.6) is 11.5 Å². The second-order valence-electron chi connectivity index (χ2n) is 8.00. The summed E-state index contributed by atoms with van der Waals surface area (Å²) in [6.45, 7) is 2.22. The molecule has 2 heterocycles. The first-order valence-electron chi connectivity index (χ1n) is 9.52. The summed E-state index contributed by atoms with van der Waals surface area (Å²) in [6.07, 6.45) is 4.99. The van der Waals surface area contributed by atoms with Crippen molar-refractivity contribution < 1.29 is 14.4 Å². The van der Waals surface area contributed by atoms with Gasteiger partial charge in [-0.3, -0.25) is 10.1 Å². The van der Waals surface area contributed by atoms with Gasteiger partial charge in [-0.15, -0.1) is 0 Å². The Kier molecular flexibility index (Phi) is 3.36. The van der Waals surface area contributed by atoms with Crippen LogP contribution >= 0.6 is 0 Å². The molecule has 28 heavy (non-hydrogen) atoms. The van der Waals surface area contributed by atoms with Gasteiger partial charge in [-0.05, 0) is 55.5 Å². The van der Waals surface area contributed by atoms with Crippen molar-refractivity contribution >= 4 is 17.5 Å². The summed E-state index contributed by atoms with van der Waals surface area (Å²) < 4.78 is 12.0. The predicted octanol–water partition coefficient (Wildman–Crippen LogP) is 4.67. The first-order valence-corrected chi connectivity index (χ1v) is 9.52. The zero-order valence-electron chi connectivity index (χ0n) is 16.2. The maximum Gasteiger partial charge on any atom is 0.315 e. The molecule has 2 atom stereocenters. The number of hydrogen-bond acceptors (Lipinski definition) is 5. The largest absolute Gasteiger partial charge is 0.496 e. The minimum atomic E-state index is -0.749. The van der Waals surface area contributed by atoms with E-state index in [2.05, 4.69) is 36.1 Å². The van der Waals surface area contributed by atoms with Crippen molar-refractivity contribution in [3.63, 3.8) is 0 Å². The van der Waals surface area contributed by atoms with Crippen LogP contribution in [-0.2, 0) is 5.41 Å². The van der Waals surface area contributed by atoms with E-state index in [-0.39, 0.29) is 16.0 Å². The van der Waals surface area contributed by atoms with Crippen molar-refractivity contribution in [2.45, 2.75) is 37.3 Å². The molecular weight excluding hydrogens is 356 g/mol. The third kappa shape index (κ3) is 1.87. The lowest BCUT2D eigenvalue weighted by Gasteiger charge is -2.53. The molecule has 0 bridgehead atoms. The Morgan fingerprint density at radius 1 is 1.29 bits per heavy atom. The van der Waals surface area contributed by atoms with Gasteiger partial charge in [0.25, 0.3) is 0 Å². The van der Waals surface area contributed by atoms with Crippen LogP contribution in [0.2, 0.25) is 0 Å². The molecule has 0 N–H and O–H groups in total. The zero-order valence-corrected chi connectivity index (χ0v) is 16.2. The average Bonchev–Trinajstić information content (AvgIpc) is 2.89. The lowest BCUT2D eigenvalue weighted by Crippen LogP contribution is -2.63. The third-order valence-electron chi connectivity index (χ3n) is 6.72. The Balaban J connectivity index is 1.79. The van der Waals surface area contributed by atoms with Crippen molar-refractivity contribution in [1.29, 1.82) is 0 Å². The topological polar surface area (TPSA) is 64.8 Å². The molecule has 1 aliphatic carbocycles. The molecule has 3 aliphatic rings. The molecule has 1 spiro atoms. The molecule has 0 amide bonds.